The van der Waals surface area contributed by atoms with Crippen LogP contribution in [0, 0.1) is 0 Å². The number of rotatable bonds is 6. The van der Waals surface area contributed by atoms with Crippen molar-refractivity contribution in [1.82, 2.24) is 9.97 Å². The molecular formula is C27H21Cl2N3O. The Morgan fingerprint density at radius 3 is 2.55 bits per heavy atom. The summed E-state index contributed by atoms with van der Waals surface area (Å²) in [5.41, 5.74) is 5.65. The molecule has 4 nitrogen and oxygen atoms in total. The van der Waals surface area contributed by atoms with Gasteiger partial charge in [-0.1, -0.05) is 47.5 Å². The van der Waals surface area contributed by atoms with Crippen LogP contribution >= 0.6 is 23.2 Å². The van der Waals surface area contributed by atoms with E-state index in [1.54, 1.807) is 24.3 Å². The maximum atomic E-state index is 12.5. The number of aromatic amines is 1. The average Bonchev–Trinajstić information content (AvgIpc) is 3.18. The van der Waals surface area contributed by atoms with Crippen molar-refractivity contribution in [2.75, 3.05) is 5.32 Å². The van der Waals surface area contributed by atoms with E-state index in [1.165, 1.54) is 0 Å². The molecule has 6 heteroatoms. The van der Waals surface area contributed by atoms with Crippen molar-refractivity contribution in [1.29, 1.82) is 0 Å². The first-order valence-electron chi connectivity index (χ1n) is 10.8. The molecule has 0 saturated carbocycles. The zero-order chi connectivity index (χ0) is 22.8. The molecule has 33 heavy (non-hydrogen) atoms. The Bertz CT molecular complexity index is 1460. The van der Waals surface area contributed by atoms with Gasteiger partial charge < -0.3 is 10.3 Å². The van der Waals surface area contributed by atoms with E-state index in [4.69, 9.17) is 28.2 Å². The molecule has 0 aliphatic carbocycles. The molecule has 0 saturated heterocycles. The van der Waals surface area contributed by atoms with Crippen molar-refractivity contribution >= 4 is 56.6 Å². The zero-order valence-corrected chi connectivity index (χ0v) is 19.3. The van der Waals surface area contributed by atoms with Crippen LogP contribution in [0.2, 0.25) is 10.0 Å². The SMILES string of the molecule is O=C(CCCc1c(-c2ccc3ccccc3n2)[nH]c2ccc(Cl)cc12)Nc1ccc(Cl)cc1. The second-order valence-electron chi connectivity index (χ2n) is 7.97. The number of carbonyl (C=O) groups excluding carboxylic acids is 1. The minimum absolute atomic E-state index is 0.0272. The van der Waals surface area contributed by atoms with Crippen LogP contribution in [0.3, 0.4) is 0 Å². The van der Waals surface area contributed by atoms with Crippen LogP contribution in [0.4, 0.5) is 5.69 Å². The first-order chi connectivity index (χ1) is 16.1. The lowest BCUT2D eigenvalue weighted by atomic mass is 10.0. The largest absolute Gasteiger partial charge is 0.353 e. The normalized spacial score (nSPS) is 11.2. The average molecular weight is 474 g/mol. The van der Waals surface area contributed by atoms with E-state index in [0.717, 1.165) is 50.9 Å². The van der Waals surface area contributed by atoms with Gasteiger partial charge in [-0.25, -0.2) is 4.98 Å². The number of H-pyrrole nitrogens is 1. The van der Waals surface area contributed by atoms with Gasteiger partial charge in [-0.15, -0.1) is 0 Å². The van der Waals surface area contributed by atoms with Gasteiger partial charge in [0.2, 0.25) is 5.91 Å². The van der Waals surface area contributed by atoms with E-state index >= 15 is 0 Å². The predicted molar refractivity (Wildman–Crippen MR) is 137 cm³/mol. The number of anilines is 1. The van der Waals surface area contributed by atoms with Gasteiger partial charge in [-0.05, 0) is 73.0 Å². The Labute approximate surface area is 201 Å². The van der Waals surface area contributed by atoms with Crippen molar-refractivity contribution in [3.05, 3.63) is 94.5 Å². The summed E-state index contributed by atoms with van der Waals surface area (Å²) >= 11 is 12.2. The molecular weight excluding hydrogens is 453 g/mol. The van der Waals surface area contributed by atoms with Crippen LogP contribution in [-0.4, -0.2) is 15.9 Å². The van der Waals surface area contributed by atoms with Gasteiger partial charge in [0.15, 0.2) is 0 Å². The fraction of sp³-hybridized carbons (Fsp3) is 0.111. The minimum Gasteiger partial charge on any atom is -0.353 e. The Balaban J connectivity index is 1.40. The quantitative estimate of drug-likeness (QED) is 0.266. The fourth-order valence-electron chi connectivity index (χ4n) is 4.09. The highest BCUT2D eigenvalue weighted by Crippen LogP contribution is 2.33. The summed E-state index contributed by atoms with van der Waals surface area (Å²) in [4.78, 5) is 20.9. The van der Waals surface area contributed by atoms with Gasteiger partial charge in [0.05, 0.1) is 16.9 Å². The number of aryl methyl sites for hydroxylation is 1. The van der Waals surface area contributed by atoms with Gasteiger partial charge in [0.1, 0.15) is 0 Å². The lowest BCUT2D eigenvalue weighted by molar-refractivity contribution is -0.116. The number of hydrogen-bond acceptors (Lipinski definition) is 2. The number of carbonyl (C=O) groups is 1. The Kier molecular flexibility index (Phi) is 6.03. The molecule has 2 heterocycles. The predicted octanol–water partition coefficient (Wildman–Crippen LogP) is 7.65. The number of amides is 1. The molecule has 5 rings (SSSR count). The van der Waals surface area contributed by atoms with Crippen LogP contribution in [0.15, 0.2) is 78.9 Å². The summed E-state index contributed by atoms with van der Waals surface area (Å²) < 4.78 is 0. The monoisotopic (exact) mass is 473 g/mol. The molecule has 0 spiro atoms. The summed E-state index contributed by atoms with van der Waals surface area (Å²) in [5.74, 6) is -0.0272. The van der Waals surface area contributed by atoms with Gasteiger partial charge in [-0.2, -0.15) is 0 Å². The highest BCUT2D eigenvalue weighted by molar-refractivity contribution is 6.31. The van der Waals surface area contributed by atoms with Crippen molar-refractivity contribution in [2.24, 2.45) is 0 Å². The summed E-state index contributed by atoms with van der Waals surface area (Å²) in [5, 5.41) is 6.40. The molecule has 0 aliphatic rings. The van der Waals surface area contributed by atoms with E-state index in [1.807, 2.05) is 42.5 Å². The number of fused-ring (bicyclic) bond motifs is 2. The second-order valence-corrected chi connectivity index (χ2v) is 8.84. The number of para-hydroxylation sites is 1. The highest BCUT2D eigenvalue weighted by Gasteiger charge is 2.16. The molecule has 0 aliphatic heterocycles. The number of halogens is 2. The number of aromatic nitrogens is 2. The van der Waals surface area contributed by atoms with Gasteiger partial charge >= 0.3 is 0 Å². The topological polar surface area (TPSA) is 57.8 Å². The molecule has 2 N–H and O–H groups in total. The maximum absolute atomic E-state index is 12.5. The second kappa shape index (κ2) is 9.26. The van der Waals surface area contributed by atoms with Gasteiger partial charge in [0.25, 0.3) is 0 Å². The molecule has 0 radical (unpaired) electrons. The standard InChI is InChI=1S/C27H21Cl2N3O/c28-18-9-12-20(13-10-18)30-26(33)7-3-5-21-22-16-19(29)11-15-24(22)32-27(21)25-14-8-17-4-1-2-6-23(17)31-25/h1-2,4,6,8-16,32H,3,5,7H2,(H,30,33). The van der Waals surface area contributed by atoms with E-state index < -0.39 is 0 Å². The molecule has 0 atom stereocenters. The van der Waals surface area contributed by atoms with Crippen molar-refractivity contribution in [3.63, 3.8) is 0 Å². The first-order valence-corrected chi connectivity index (χ1v) is 11.5. The highest BCUT2D eigenvalue weighted by atomic mass is 35.5. The van der Waals surface area contributed by atoms with Crippen molar-refractivity contribution in [2.45, 2.75) is 19.3 Å². The van der Waals surface area contributed by atoms with Crippen molar-refractivity contribution < 1.29 is 4.79 Å². The molecule has 0 unspecified atom stereocenters. The number of hydrogen-bond donors (Lipinski definition) is 2. The molecule has 164 valence electrons. The maximum Gasteiger partial charge on any atom is 0.224 e. The fourth-order valence-corrected chi connectivity index (χ4v) is 4.38. The number of benzene rings is 3. The zero-order valence-electron chi connectivity index (χ0n) is 17.7. The minimum atomic E-state index is -0.0272. The Morgan fingerprint density at radius 2 is 1.70 bits per heavy atom. The molecule has 1 amide bonds. The smallest absolute Gasteiger partial charge is 0.224 e. The molecule has 3 aromatic carbocycles. The summed E-state index contributed by atoms with van der Waals surface area (Å²) in [6.45, 7) is 0. The van der Waals surface area contributed by atoms with E-state index in [-0.39, 0.29) is 5.91 Å². The van der Waals surface area contributed by atoms with Crippen molar-refractivity contribution in [3.8, 4) is 11.4 Å². The Hall–Kier alpha value is -3.34. The summed E-state index contributed by atoms with van der Waals surface area (Å²) in [6, 6.07) is 25.1. The number of nitrogens with zero attached hydrogens (tertiary/aromatic N) is 1. The third-order valence-corrected chi connectivity index (χ3v) is 6.17. The summed E-state index contributed by atoms with van der Waals surface area (Å²) in [7, 11) is 0. The summed E-state index contributed by atoms with van der Waals surface area (Å²) in [6.07, 6.45) is 1.82. The lowest BCUT2D eigenvalue weighted by Gasteiger charge is -2.08. The third kappa shape index (κ3) is 4.72. The van der Waals surface area contributed by atoms with E-state index in [9.17, 15) is 4.79 Å². The first kappa shape index (κ1) is 21.5. The van der Waals surface area contributed by atoms with Gasteiger partial charge in [0, 0.05) is 38.4 Å². The number of nitrogens with one attached hydrogen (secondary N) is 2. The number of pyridine rings is 1. The van der Waals surface area contributed by atoms with Crippen LogP contribution < -0.4 is 5.32 Å². The molecule has 0 fully saturated rings. The lowest BCUT2D eigenvalue weighted by Crippen LogP contribution is -2.11. The van der Waals surface area contributed by atoms with E-state index in [2.05, 4.69) is 22.4 Å². The third-order valence-electron chi connectivity index (χ3n) is 5.68. The molecule has 2 aromatic heterocycles. The van der Waals surface area contributed by atoms with Gasteiger partial charge in [-0.3, -0.25) is 4.79 Å². The van der Waals surface area contributed by atoms with Crippen LogP contribution in [0.5, 0.6) is 0 Å². The molecule has 0 bridgehead atoms. The van der Waals surface area contributed by atoms with E-state index in [0.29, 0.717) is 22.9 Å². The molecule has 5 aromatic rings. The van der Waals surface area contributed by atoms with Crippen LogP contribution in [0.25, 0.3) is 33.2 Å². The Morgan fingerprint density at radius 1 is 0.909 bits per heavy atom. The van der Waals surface area contributed by atoms with Crippen LogP contribution in [0.1, 0.15) is 18.4 Å². The van der Waals surface area contributed by atoms with Crippen LogP contribution in [-0.2, 0) is 11.2 Å².